The standard InChI is InChI=1S/C11H23NS2/c1-10(2,3)8-6-12-7-9(8)11(4,5)14-13/h8-9,12-13H,6-7H2,1-5H3. The van der Waals surface area contributed by atoms with Gasteiger partial charge in [-0.2, -0.15) is 0 Å². The van der Waals surface area contributed by atoms with Crippen molar-refractivity contribution in [2.24, 2.45) is 17.3 Å². The summed E-state index contributed by atoms with van der Waals surface area (Å²) in [4.78, 5) is 0. The van der Waals surface area contributed by atoms with Gasteiger partial charge in [0.05, 0.1) is 0 Å². The van der Waals surface area contributed by atoms with Crippen LogP contribution in [-0.2, 0) is 0 Å². The molecule has 1 nitrogen and oxygen atoms in total. The molecule has 2 atom stereocenters. The molecule has 0 spiro atoms. The molecule has 14 heavy (non-hydrogen) atoms. The second-order valence-corrected chi connectivity index (χ2v) is 7.71. The molecule has 1 aliphatic rings. The summed E-state index contributed by atoms with van der Waals surface area (Å²) in [5.41, 5.74) is 0.398. The molecule has 1 aliphatic heterocycles. The Morgan fingerprint density at radius 2 is 1.57 bits per heavy atom. The van der Waals surface area contributed by atoms with Crippen molar-refractivity contribution in [2.75, 3.05) is 13.1 Å². The molecule has 1 rings (SSSR count). The number of hydrogen-bond acceptors (Lipinski definition) is 3. The van der Waals surface area contributed by atoms with Gasteiger partial charge in [-0.1, -0.05) is 31.6 Å². The van der Waals surface area contributed by atoms with E-state index in [9.17, 15) is 0 Å². The molecule has 0 radical (unpaired) electrons. The van der Waals surface area contributed by atoms with Crippen molar-refractivity contribution < 1.29 is 0 Å². The molecular formula is C11H23NS2. The Kier molecular flexibility index (Phi) is 3.88. The van der Waals surface area contributed by atoms with Crippen LogP contribution in [0, 0.1) is 17.3 Å². The zero-order chi connectivity index (χ0) is 11.0. The normalized spacial score (nSPS) is 29.6. The third-order valence-electron chi connectivity index (χ3n) is 3.45. The minimum Gasteiger partial charge on any atom is -0.316 e. The van der Waals surface area contributed by atoms with Crippen LogP contribution < -0.4 is 5.32 Å². The van der Waals surface area contributed by atoms with E-state index < -0.39 is 0 Å². The van der Waals surface area contributed by atoms with Crippen LogP contribution in [0.1, 0.15) is 34.6 Å². The summed E-state index contributed by atoms with van der Waals surface area (Å²) in [6, 6.07) is 0. The highest BCUT2D eigenvalue weighted by molar-refractivity contribution is 8.69. The number of nitrogens with one attached hydrogen (secondary N) is 1. The molecule has 1 N–H and O–H groups in total. The van der Waals surface area contributed by atoms with E-state index in [4.69, 9.17) is 0 Å². The fourth-order valence-corrected chi connectivity index (χ4v) is 3.18. The highest BCUT2D eigenvalue weighted by atomic mass is 33.1. The fraction of sp³-hybridized carbons (Fsp3) is 1.00. The summed E-state index contributed by atoms with van der Waals surface area (Å²) in [7, 11) is 1.70. The molecule has 1 heterocycles. The van der Waals surface area contributed by atoms with Crippen molar-refractivity contribution >= 4 is 22.5 Å². The van der Waals surface area contributed by atoms with E-state index in [1.165, 1.54) is 0 Å². The average molecular weight is 233 g/mol. The maximum atomic E-state index is 4.40. The molecule has 0 aliphatic carbocycles. The van der Waals surface area contributed by atoms with Gasteiger partial charge in [0, 0.05) is 4.75 Å². The number of thiol groups is 1. The Bertz CT molecular complexity index is 196. The van der Waals surface area contributed by atoms with E-state index in [0.717, 1.165) is 24.9 Å². The Balaban J connectivity index is 2.79. The zero-order valence-electron chi connectivity index (χ0n) is 9.92. The van der Waals surface area contributed by atoms with Crippen LogP contribution in [0.25, 0.3) is 0 Å². The monoisotopic (exact) mass is 233 g/mol. The number of hydrogen-bond donors (Lipinski definition) is 2. The topological polar surface area (TPSA) is 12.0 Å². The van der Waals surface area contributed by atoms with Crippen molar-refractivity contribution in [2.45, 2.75) is 39.4 Å². The first-order valence-electron chi connectivity index (χ1n) is 5.32. The first-order chi connectivity index (χ1) is 6.29. The summed E-state index contributed by atoms with van der Waals surface area (Å²) < 4.78 is 0.268. The molecular weight excluding hydrogens is 210 g/mol. The van der Waals surface area contributed by atoms with Crippen LogP contribution in [-0.4, -0.2) is 17.8 Å². The molecule has 0 saturated carbocycles. The van der Waals surface area contributed by atoms with Crippen LogP contribution in [0.4, 0.5) is 0 Å². The van der Waals surface area contributed by atoms with Crippen molar-refractivity contribution in [3.05, 3.63) is 0 Å². The highest BCUT2D eigenvalue weighted by Crippen LogP contribution is 2.46. The fourth-order valence-electron chi connectivity index (χ4n) is 2.39. The second-order valence-electron chi connectivity index (χ2n) is 5.93. The van der Waals surface area contributed by atoms with Gasteiger partial charge in [0.25, 0.3) is 0 Å². The third kappa shape index (κ3) is 2.61. The van der Waals surface area contributed by atoms with Crippen molar-refractivity contribution in [3.63, 3.8) is 0 Å². The van der Waals surface area contributed by atoms with Gasteiger partial charge in [0.1, 0.15) is 0 Å². The predicted octanol–water partition coefficient (Wildman–Crippen LogP) is 3.22. The average Bonchev–Trinajstić information content (AvgIpc) is 2.51. The van der Waals surface area contributed by atoms with E-state index in [0.29, 0.717) is 5.41 Å². The molecule has 0 bridgehead atoms. The lowest BCUT2D eigenvalue weighted by Crippen LogP contribution is -2.38. The summed E-state index contributed by atoms with van der Waals surface area (Å²) in [5.74, 6) is 1.49. The summed E-state index contributed by atoms with van der Waals surface area (Å²) in [6.07, 6.45) is 0. The van der Waals surface area contributed by atoms with Crippen molar-refractivity contribution in [1.82, 2.24) is 5.32 Å². The maximum Gasteiger partial charge on any atom is 0.0248 e. The van der Waals surface area contributed by atoms with Crippen molar-refractivity contribution in [3.8, 4) is 0 Å². The van der Waals surface area contributed by atoms with Crippen LogP contribution in [0.5, 0.6) is 0 Å². The van der Waals surface area contributed by atoms with Gasteiger partial charge in [-0.3, -0.25) is 0 Å². The molecule has 3 heteroatoms. The maximum absolute atomic E-state index is 4.40. The third-order valence-corrected chi connectivity index (χ3v) is 5.64. The minimum absolute atomic E-state index is 0.268. The Morgan fingerprint density at radius 1 is 1.07 bits per heavy atom. The van der Waals surface area contributed by atoms with Gasteiger partial charge in [-0.15, -0.1) is 11.7 Å². The lowest BCUT2D eigenvalue weighted by molar-refractivity contribution is 0.181. The Hall–Kier alpha value is 0.660. The van der Waals surface area contributed by atoms with Gasteiger partial charge in [0.15, 0.2) is 0 Å². The smallest absolute Gasteiger partial charge is 0.0248 e. The minimum atomic E-state index is 0.268. The van der Waals surface area contributed by atoms with Gasteiger partial charge in [0.2, 0.25) is 0 Å². The molecule has 1 saturated heterocycles. The summed E-state index contributed by atoms with van der Waals surface area (Å²) in [5, 5.41) is 3.52. The zero-order valence-corrected chi connectivity index (χ0v) is 11.6. The largest absolute Gasteiger partial charge is 0.316 e. The molecule has 84 valence electrons. The van der Waals surface area contributed by atoms with E-state index in [-0.39, 0.29) is 4.75 Å². The van der Waals surface area contributed by atoms with Gasteiger partial charge in [-0.05, 0) is 44.2 Å². The summed E-state index contributed by atoms with van der Waals surface area (Å²) >= 11 is 4.40. The highest BCUT2D eigenvalue weighted by Gasteiger charge is 2.43. The summed E-state index contributed by atoms with van der Waals surface area (Å²) in [6.45, 7) is 13.9. The van der Waals surface area contributed by atoms with Gasteiger partial charge < -0.3 is 5.32 Å². The quantitative estimate of drug-likeness (QED) is 0.561. The Labute approximate surface area is 97.6 Å². The lowest BCUT2D eigenvalue weighted by atomic mass is 9.71. The van der Waals surface area contributed by atoms with Crippen LogP contribution in [0.2, 0.25) is 0 Å². The molecule has 1 fully saturated rings. The molecule has 2 unspecified atom stereocenters. The van der Waals surface area contributed by atoms with Crippen LogP contribution >= 0.6 is 22.5 Å². The molecule has 0 aromatic heterocycles. The Morgan fingerprint density at radius 3 is 2.00 bits per heavy atom. The SMILES string of the molecule is CC(C)(C)C1CNCC1C(C)(C)SS. The number of rotatable bonds is 2. The predicted molar refractivity (Wildman–Crippen MR) is 70.0 cm³/mol. The van der Waals surface area contributed by atoms with Crippen LogP contribution in [0.3, 0.4) is 0 Å². The molecule has 0 aromatic carbocycles. The first-order valence-corrected chi connectivity index (χ1v) is 7.19. The van der Waals surface area contributed by atoms with Gasteiger partial charge in [-0.25, -0.2) is 0 Å². The second kappa shape index (κ2) is 4.26. The molecule has 0 amide bonds. The lowest BCUT2D eigenvalue weighted by Gasteiger charge is -2.39. The van der Waals surface area contributed by atoms with E-state index in [2.05, 4.69) is 51.6 Å². The van der Waals surface area contributed by atoms with Crippen LogP contribution in [0.15, 0.2) is 0 Å². The van der Waals surface area contributed by atoms with E-state index in [1.54, 1.807) is 10.8 Å². The van der Waals surface area contributed by atoms with E-state index in [1.807, 2.05) is 0 Å². The van der Waals surface area contributed by atoms with Crippen molar-refractivity contribution in [1.29, 1.82) is 0 Å². The first kappa shape index (κ1) is 12.7. The molecule has 0 aromatic rings. The van der Waals surface area contributed by atoms with E-state index >= 15 is 0 Å². The van der Waals surface area contributed by atoms with Gasteiger partial charge >= 0.3 is 0 Å².